The van der Waals surface area contributed by atoms with E-state index in [1.165, 1.54) is 0 Å². The van der Waals surface area contributed by atoms with Crippen molar-refractivity contribution in [3.05, 3.63) is 0 Å². The van der Waals surface area contributed by atoms with Gasteiger partial charge in [0, 0.05) is 6.54 Å². The van der Waals surface area contributed by atoms with Gasteiger partial charge in [0.15, 0.2) is 5.41 Å². The van der Waals surface area contributed by atoms with E-state index in [-0.39, 0.29) is 39.2 Å². The molecule has 0 saturated heterocycles. The molecule has 0 rings (SSSR count). The van der Waals surface area contributed by atoms with Gasteiger partial charge >= 0.3 is 11.9 Å². The summed E-state index contributed by atoms with van der Waals surface area (Å²) < 4.78 is 9.80. The molecular weight excluding hydrogens is 266 g/mol. The van der Waals surface area contributed by atoms with E-state index in [1.54, 1.807) is 20.8 Å². The van der Waals surface area contributed by atoms with Crippen molar-refractivity contribution >= 4 is 17.8 Å². The van der Waals surface area contributed by atoms with Crippen LogP contribution in [0.3, 0.4) is 0 Å². The molecule has 0 aliphatic rings. The molecule has 7 heteroatoms. The van der Waals surface area contributed by atoms with Crippen molar-refractivity contribution in [2.24, 2.45) is 5.41 Å². The molecule has 0 aromatic rings. The third kappa shape index (κ3) is 4.80. The van der Waals surface area contributed by atoms with Gasteiger partial charge in [-0.25, -0.2) is 0 Å². The van der Waals surface area contributed by atoms with Gasteiger partial charge in [-0.15, -0.1) is 0 Å². The molecule has 0 saturated carbocycles. The summed E-state index contributed by atoms with van der Waals surface area (Å²) >= 11 is 0. The van der Waals surface area contributed by atoms with E-state index in [0.29, 0.717) is 0 Å². The van der Waals surface area contributed by atoms with Crippen molar-refractivity contribution in [1.82, 2.24) is 5.32 Å². The molecule has 1 amide bonds. The van der Waals surface area contributed by atoms with Crippen LogP contribution in [0, 0.1) is 5.41 Å². The summed E-state index contributed by atoms with van der Waals surface area (Å²) in [6.45, 7) is 4.92. The van der Waals surface area contributed by atoms with E-state index in [9.17, 15) is 14.4 Å². The van der Waals surface area contributed by atoms with Crippen molar-refractivity contribution in [2.75, 3.05) is 26.4 Å². The smallest absolute Gasteiger partial charge is 0.324 e. The summed E-state index contributed by atoms with van der Waals surface area (Å²) in [5.74, 6) is -2.04. The highest BCUT2D eigenvalue weighted by molar-refractivity contribution is 6.03. The average molecular weight is 289 g/mol. The Labute approximate surface area is 118 Å². The number of amides is 1. The minimum Gasteiger partial charge on any atom is -0.465 e. The Morgan fingerprint density at radius 3 is 1.90 bits per heavy atom. The summed E-state index contributed by atoms with van der Waals surface area (Å²) in [4.78, 5) is 35.9. The van der Waals surface area contributed by atoms with Crippen molar-refractivity contribution in [3.8, 4) is 0 Å². The SMILES string of the molecule is CCOC(=O)C(CC)(CC(=O)NCCO)C(=O)OCC. The topological polar surface area (TPSA) is 102 Å². The molecule has 0 fully saturated rings. The molecule has 0 radical (unpaired) electrons. The average Bonchev–Trinajstić information content (AvgIpc) is 2.42. The second-order valence-corrected chi connectivity index (χ2v) is 4.13. The predicted octanol–water partition coefficient (Wildman–Crippen LogP) is 0.00760. The number of carbonyl (C=O) groups excluding carboxylic acids is 3. The largest absolute Gasteiger partial charge is 0.465 e. The first-order valence-corrected chi connectivity index (χ1v) is 6.70. The van der Waals surface area contributed by atoms with Gasteiger partial charge in [0.2, 0.25) is 5.91 Å². The van der Waals surface area contributed by atoms with Gasteiger partial charge in [-0.2, -0.15) is 0 Å². The van der Waals surface area contributed by atoms with Crippen molar-refractivity contribution < 1.29 is 29.0 Å². The normalized spacial score (nSPS) is 10.8. The fraction of sp³-hybridized carbons (Fsp3) is 0.769. The fourth-order valence-corrected chi connectivity index (χ4v) is 1.71. The molecule has 0 aliphatic heterocycles. The van der Waals surface area contributed by atoms with Crippen LogP contribution in [0.5, 0.6) is 0 Å². The first kappa shape index (κ1) is 18.4. The van der Waals surface area contributed by atoms with Crippen LogP contribution in [0.25, 0.3) is 0 Å². The zero-order valence-corrected chi connectivity index (χ0v) is 12.2. The monoisotopic (exact) mass is 289 g/mol. The van der Waals surface area contributed by atoms with Crippen LogP contribution in [0.15, 0.2) is 0 Å². The highest BCUT2D eigenvalue weighted by Gasteiger charge is 2.49. The summed E-state index contributed by atoms with van der Waals surface area (Å²) in [5.41, 5.74) is -1.63. The number of rotatable bonds is 9. The number of ether oxygens (including phenoxy) is 2. The summed E-state index contributed by atoms with van der Waals surface area (Å²) in [6, 6.07) is 0. The van der Waals surface area contributed by atoms with Crippen LogP contribution in [0.2, 0.25) is 0 Å². The Morgan fingerprint density at radius 2 is 1.55 bits per heavy atom. The molecule has 0 heterocycles. The summed E-state index contributed by atoms with van der Waals surface area (Å²) in [7, 11) is 0. The lowest BCUT2D eigenvalue weighted by Crippen LogP contribution is -2.45. The maximum Gasteiger partial charge on any atom is 0.324 e. The molecule has 116 valence electrons. The molecule has 0 aromatic heterocycles. The van der Waals surface area contributed by atoms with Gasteiger partial charge in [0.25, 0.3) is 0 Å². The Balaban J connectivity index is 5.15. The summed E-state index contributed by atoms with van der Waals surface area (Å²) in [6.07, 6.45) is -0.265. The lowest BCUT2D eigenvalue weighted by Gasteiger charge is -2.27. The van der Waals surface area contributed by atoms with E-state index in [4.69, 9.17) is 14.6 Å². The lowest BCUT2D eigenvalue weighted by atomic mass is 9.81. The highest BCUT2D eigenvalue weighted by atomic mass is 16.6. The Kier molecular flexibility index (Phi) is 8.54. The Hall–Kier alpha value is -1.63. The van der Waals surface area contributed by atoms with Crippen molar-refractivity contribution in [3.63, 3.8) is 0 Å². The van der Waals surface area contributed by atoms with Crippen LogP contribution >= 0.6 is 0 Å². The predicted molar refractivity (Wildman–Crippen MR) is 70.7 cm³/mol. The van der Waals surface area contributed by atoms with Gasteiger partial charge in [-0.1, -0.05) is 6.92 Å². The molecule has 0 bridgehead atoms. The maximum atomic E-state index is 12.1. The first-order chi connectivity index (χ1) is 9.48. The van der Waals surface area contributed by atoms with E-state index in [2.05, 4.69) is 5.32 Å². The van der Waals surface area contributed by atoms with Crippen LogP contribution in [0.4, 0.5) is 0 Å². The van der Waals surface area contributed by atoms with Crippen LogP contribution in [0.1, 0.15) is 33.6 Å². The molecule has 2 N–H and O–H groups in total. The Bertz CT molecular complexity index is 324. The molecule has 20 heavy (non-hydrogen) atoms. The minimum atomic E-state index is -1.63. The minimum absolute atomic E-state index is 0.0598. The first-order valence-electron chi connectivity index (χ1n) is 6.70. The zero-order valence-electron chi connectivity index (χ0n) is 12.2. The van der Waals surface area contributed by atoms with Gasteiger partial charge in [-0.05, 0) is 20.3 Å². The molecule has 0 unspecified atom stereocenters. The van der Waals surface area contributed by atoms with Gasteiger partial charge in [-0.3, -0.25) is 14.4 Å². The Morgan fingerprint density at radius 1 is 1.05 bits per heavy atom. The van der Waals surface area contributed by atoms with E-state index in [1.807, 2.05) is 0 Å². The number of carbonyl (C=O) groups is 3. The van der Waals surface area contributed by atoms with Gasteiger partial charge in [0.05, 0.1) is 26.2 Å². The lowest BCUT2D eigenvalue weighted by molar-refractivity contribution is -0.174. The molecule has 0 aromatic carbocycles. The maximum absolute atomic E-state index is 12.1. The number of hydrogen-bond donors (Lipinski definition) is 2. The van der Waals surface area contributed by atoms with E-state index >= 15 is 0 Å². The van der Waals surface area contributed by atoms with Crippen molar-refractivity contribution in [1.29, 1.82) is 0 Å². The standard InChI is InChI=1S/C13H23NO6/c1-4-13(11(17)19-5-2,12(18)20-6-3)9-10(16)14-7-8-15/h15H,4-9H2,1-3H3,(H,14,16). The third-order valence-corrected chi connectivity index (χ3v) is 2.83. The van der Waals surface area contributed by atoms with Gasteiger partial charge < -0.3 is 19.9 Å². The van der Waals surface area contributed by atoms with Gasteiger partial charge in [0.1, 0.15) is 0 Å². The van der Waals surface area contributed by atoms with E-state index in [0.717, 1.165) is 0 Å². The third-order valence-electron chi connectivity index (χ3n) is 2.83. The van der Waals surface area contributed by atoms with Crippen LogP contribution < -0.4 is 5.32 Å². The fourth-order valence-electron chi connectivity index (χ4n) is 1.71. The molecule has 7 nitrogen and oxygen atoms in total. The zero-order chi connectivity index (χ0) is 15.6. The molecular formula is C13H23NO6. The van der Waals surface area contributed by atoms with E-state index < -0.39 is 23.3 Å². The number of esters is 2. The highest BCUT2D eigenvalue weighted by Crippen LogP contribution is 2.30. The number of nitrogens with one attached hydrogen (secondary N) is 1. The van der Waals surface area contributed by atoms with Crippen molar-refractivity contribution in [2.45, 2.75) is 33.6 Å². The second-order valence-electron chi connectivity index (χ2n) is 4.13. The number of aliphatic hydroxyl groups is 1. The quantitative estimate of drug-likeness (QED) is 0.458. The number of hydrogen-bond acceptors (Lipinski definition) is 6. The molecule has 0 aliphatic carbocycles. The van der Waals surface area contributed by atoms with Crippen LogP contribution in [-0.2, 0) is 23.9 Å². The molecule has 0 atom stereocenters. The van der Waals surface area contributed by atoms with Crippen LogP contribution in [-0.4, -0.2) is 49.3 Å². The number of aliphatic hydroxyl groups excluding tert-OH is 1. The molecule has 0 spiro atoms. The second kappa shape index (κ2) is 9.30. The summed E-state index contributed by atoms with van der Waals surface area (Å²) in [5, 5.41) is 11.1.